The van der Waals surface area contributed by atoms with Crippen molar-refractivity contribution in [2.24, 2.45) is 0 Å². The highest BCUT2D eigenvalue weighted by Crippen LogP contribution is 2.25. The third-order valence-corrected chi connectivity index (χ3v) is 5.91. The number of nitrogens with one attached hydrogen (secondary N) is 1. The highest BCUT2D eigenvalue weighted by molar-refractivity contribution is 7.89. The molecule has 1 aromatic carbocycles. The number of sulfonamides is 1. The second-order valence-electron chi connectivity index (χ2n) is 7.46. The summed E-state index contributed by atoms with van der Waals surface area (Å²) in [6, 6.07) is 6.04. The van der Waals surface area contributed by atoms with Crippen molar-refractivity contribution in [3.05, 3.63) is 29.8 Å². The molecule has 0 unspecified atom stereocenters. The van der Waals surface area contributed by atoms with Crippen molar-refractivity contribution in [2.75, 3.05) is 13.1 Å². The van der Waals surface area contributed by atoms with Crippen LogP contribution in [0.15, 0.2) is 29.2 Å². The molecule has 1 aromatic rings. The van der Waals surface area contributed by atoms with E-state index in [0.29, 0.717) is 4.90 Å². The Morgan fingerprint density at radius 2 is 1.58 bits per heavy atom. The second-order valence-corrected chi connectivity index (χ2v) is 9.17. The SMILES string of the molecule is CC(C)(C)c1ccc(S(=O)(=O)NC2CCN(C(=O)C(F)(F)F)CC2)cc1. The van der Waals surface area contributed by atoms with Crippen LogP contribution < -0.4 is 4.72 Å². The van der Waals surface area contributed by atoms with E-state index in [1.54, 1.807) is 12.1 Å². The van der Waals surface area contributed by atoms with Gasteiger partial charge < -0.3 is 4.90 Å². The Balaban J connectivity index is 2.00. The van der Waals surface area contributed by atoms with Crippen LogP contribution in [0.3, 0.4) is 0 Å². The molecule has 26 heavy (non-hydrogen) atoms. The molecular formula is C17H23F3N2O3S. The standard InChI is InChI=1S/C17H23F3N2O3S/c1-16(2,3)12-4-6-14(7-5-12)26(24,25)21-13-8-10-22(11-9-13)15(23)17(18,19)20/h4-7,13,21H,8-11H2,1-3H3. The van der Waals surface area contributed by atoms with Gasteiger partial charge in [-0.2, -0.15) is 13.2 Å². The average molecular weight is 392 g/mol. The van der Waals surface area contributed by atoms with Crippen LogP contribution >= 0.6 is 0 Å². The first-order valence-electron chi connectivity index (χ1n) is 8.30. The molecule has 1 aliphatic heterocycles. The number of piperidine rings is 1. The zero-order valence-electron chi connectivity index (χ0n) is 14.9. The summed E-state index contributed by atoms with van der Waals surface area (Å²) in [6.07, 6.45) is -4.62. The van der Waals surface area contributed by atoms with Gasteiger partial charge in [-0.15, -0.1) is 0 Å². The summed E-state index contributed by atoms with van der Waals surface area (Å²) in [5.41, 5.74) is 0.892. The van der Waals surface area contributed by atoms with Gasteiger partial charge in [-0.25, -0.2) is 13.1 Å². The van der Waals surface area contributed by atoms with Crippen LogP contribution in [0.1, 0.15) is 39.2 Å². The quantitative estimate of drug-likeness (QED) is 0.860. The number of carbonyl (C=O) groups is 1. The van der Waals surface area contributed by atoms with Gasteiger partial charge in [0.1, 0.15) is 0 Å². The Morgan fingerprint density at radius 3 is 2.00 bits per heavy atom. The maximum Gasteiger partial charge on any atom is 0.471 e. The molecule has 0 bridgehead atoms. The number of hydrogen-bond acceptors (Lipinski definition) is 3. The van der Waals surface area contributed by atoms with E-state index in [9.17, 15) is 26.4 Å². The summed E-state index contributed by atoms with van der Waals surface area (Å²) in [5, 5.41) is 0. The van der Waals surface area contributed by atoms with Crippen molar-refractivity contribution in [3.63, 3.8) is 0 Å². The molecule has 1 fully saturated rings. The van der Waals surface area contributed by atoms with E-state index < -0.39 is 28.1 Å². The lowest BCUT2D eigenvalue weighted by Crippen LogP contribution is -2.49. The van der Waals surface area contributed by atoms with Gasteiger partial charge >= 0.3 is 12.1 Å². The van der Waals surface area contributed by atoms with Crippen LogP contribution in [-0.2, 0) is 20.2 Å². The largest absolute Gasteiger partial charge is 0.471 e. The maximum absolute atomic E-state index is 12.5. The van der Waals surface area contributed by atoms with E-state index in [4.69, 9.17) is 0 Å². The van der Waals surface area contributed by atoms with E-state index in [2.05, 4.69) is 4.72 Å². The highest BCUT2D eigenvalue weighted by Gasteiger charge is 2.43. The second kappa shape index (κ2) is 7.19. The molecule has 1 N–H and O–H groups in total. The molecule has 0 aliphatic carbocycles. The van der Waals surface area contributed by atoms with E-state index >= 15 is 0 Å². The summed E-state index contributed by atoms with van der Waals surface area (Å²) in [7, 11) is -3.76. The van der Waals surface area contributed by atoms with E-state index in [1.165, 1.54) is 12.1 Å². The summed E-state index contributed by atoms with van der Waals surface area (Å²) in [6.45, 7) is 5.79. The molecule has 1 amide bonds. The number of likely N-dealkylation sites (tertiary alicyclic amines) is 1. The van der Waals surface area contributed by atoms with E-state index in [0.717, 1.165) is 5.56 Å². The van der Waals surface area contributed by atoms with Crippen LogP contribution in [0.2, 0.25) is 0 Å². The highest BCUT2D eigenvalue weighted by atomic mass is 32.2. The number of rotatable bonds is 3. The van der Waals surface area contributed by atoms with Gasteiger partial charge in [0.25, 0.3) is 0 Å². The third kappa shape index (κ3) is 4.97. The predicted octanol–water partition coefficient (Wildman–Crippen LogP) is 2.82. The third-order valence-electron chi connectivity index (χ3n) is 4.38. The van der Waals surface area contributed by atoms with Crippen LogP contribution in [0.4, 0.5) is 13.2 Å². The molecule has 0 radical (unpaired) electrons. The Hall–Kier alpha value is -1.61. The molecule has 0 saturated carbocycles. The van der Waals surface area contributed by atoms with Crippen LogP contribution in [-0.4, -0.2) is 44.5 Å². The molecule has 1 aliphatic rings. The first-order valence-corrected chi connectivity index (χ1v) is 9.78. The summed E-state index contributed by atoms with van der Waals surface area (Å²) >= 11 is 0. The number of carbonyl (C=O) groups excluding carboxylic acids is 1. The lowest BCUT2D eigenvalue weighted by molar-refractivity contribution is -0.186. The topological polar surface area (TPSA) is 66.5 Å². The van der Waals surface area contributed by atoms with Crippen molar-refractivity contribution < 1.29 is 26.4 Å². The molecule has 1 saturated heterocycles. The number of nitrogens with zero attached hydrogens (tertiary/aromatic N) is 1. The first-order chi connectivity index (χ1) is 11.8. The minimum atomic E-state index is -4.90. The van der Waals surface area contributed by atoms with Crippen LogP contribution in [0, 0.1) is 0 Å². The number of alkyl halides is 3. The van der Waals surface area contributed by atoms with Crippen molar-refractivity contribution in [1.29, 1.82) is 0 Å². The minimum Gasteiger partial charge on any atom is -0.335 e. The summed E-state index contributed by atoms with van der Waals surface area (Å²) in [4.78, 5) is 12.0. The van der Waals surface area contributed by atoms with Gasteiger partial charge in [0.2, 0.25) is 10.0 Å². The van der Waals surface area contributed by atoms with Crippen LogP contribution in [0.25, 0.3) is 0 Å². The Kier molecular flexibility index (Phi) is 5.72. The number of halogens is 3. The monoisotopic (exact) mass is 392 g/mol. The molecule has 0 spiro atoms. The summed E-state index contributed by atoms with van der Waals surface area (Å²) < 4.78 is 64.8. The molecule has 5 nitrogen and oxygen atoms in total. The molecule has 146 valence electrons. The molecular weight excluding hydrogens is 369 g/mol. The number of hydrogen-bond donors (Lipinski definition) is 1. The number of benzene rings is 1. The van der Waals surface area contributed by atoms with Gasteiger partial charge in [-0.1, -0.05) is 32.9 Å². The Bertz CT molecular complexity index is 745. The van der Waals surface area contributed by atoms with Crippen LogP contribution in [0.5, 0.6) is 0 Å². The van der Waals surface area contributed by atoms with Gasteiger partial charge in [0, 0.05) is 19.1 Å². The van der Waals surface area contributed by atoms with Crippen molar-refractivity contribution in [3.8, 4) is 0 Å². The van der Waals surface area contributed by atoms with Crippen molar-refractivity contribution in [1.82, 2.24) is 9.62 Å². The zero-order chi connectivity index (χ0) is 19.8. The lowest BCUT2D eigenvalue weighted by atomic mass is 9.87. The average Bonchev–Trinajstić information content (AvgIpc) is 2.53. The lowest BCUT2D eigenvalue weighted by Gasteiger charge is -2.32. The Morgan fingerprint density at radius 1 is 1.08 bits per heavy atom. The zero-order valence-corrected chi connectivity index (χ0v) is 15.7. The molecule has 0 aromatic heterocycles. The number of amides is 1. The molecule has 9 heteroatoms. The van der Waals surface area contributed by atoms with Gasteiger partial charge in [-0.05, 0) is 36.0 Å². The Labute approximate surface area is 151 Å². The molecule has 2 rings (SSSR count). The first kappa shape index (κ1) is 20.7. The van der Waals surface area contributed by atoms with Crippen molar-refractivity contribution in [2.45, 2.75) is 56.1 Å². The van der Waals surface area contributed by atoms with Crippen molar-refractivity contribution >= 4 is 15.9 Å². The minimum absolute atomic E-state index is 0.104. The molecule has 1 heterocycles. The molecule has 0 atom stereocenters. The summed E-state index contributed by atoms with van der Waals surface area (Å²) in [5.74, 6) is -1.88. The maximum atomic E-state index is 12.5. The normalized spacial score (nSPS) is 17.4. The fourth-order valence-corrected chi connectivity index (χ4v) is 4.11. The van der Waals surface area contributed by atoms with Gasteiger partial charge in [-0.3, -0.25) is 4.79 Å². The fraction of sp³-hybridized carbons (Fsp3) is 0.588. The smallest absolute Gasteiger partial charge is 0.335 e. The van der Waals surface area contributed by atoms with E-state index in [-0.39, 0.29) is 36.2 Å². The van der Waals surface area contributed by atoms with Gasteiger partial charge in [0.05, 0.1) is 4.90 Å². The van der Waals surface area contributed by atoms with Gasteiger partial charge in [0.15, 0.2) is 0 Å². The fourth-order valence-electron chi connectivity index (χ4n) is 2.80. The van der Waals surface area contributed by atoms with E-state index in [1.807, 2.05) is 20.8 Å². The predicted molar refractivity (Wildman–Crippen MR) is 91.1 cm³/mol.